The molecule has 0 aromatic carbocycles. The van der Waals surface area contributed by atoms with Crippen LogP contribution in [0.2, 0.25) is 0 Å². The van der Waals surface area contributed by atoms with Crippen LogP contribution in [-0.4, -0.2) is 16.9 Å². The Kier molecular flexibility index (Phi) is 3.81. The molecule has 0 aliphatic heterocycles. The van der Waals surface area contributed by atoms with E-state index in [4.69, 9.17) is 4.42 Å². The van der Waals surface area contributed by atoms with Crippen molar-refractivity contribution < 1.29 is 9.21 Å². The summed E-state index contributed by atoms with van der Waals surface area (Å²) in [6.07, 6.45) is 2.50. The fourth-order valence-corrected chi connectivity index (χ4v) is 2.39. The first-order valence-corrected chi connectivity index (χ1v) is 6.75. The van der Waals surface area contributed by atoms with Crippen LogP contribution in [-0.2, 0) is 0 Å². The van der Waals surface area contributed by atoms with Gasteiger partial charge in [-0.15, -0.1) is 11.3 Å². The van der Waals surface area contributed by atoms with E-state index in [1.54, 1.807) is 6.26 Å². The molecule has 1 amide bonds. The largest absolute Gasteiger partial charge is 0.462 e. The molecule has 2 aromatic heterocycles. The Labute approximate surface area is 110 Å². The van der Waals surface area contributed by atoms with Gasteiger partial charge in [0.25, 0.3) is 5.91 Å². The zero-order valence-electron chi connectivity index (χ0n) is 10.7. The van der Waals surface area contributed by atoms with Gasteiger partial charge in [-0.1, -0.05) is 6.92 Å². The lowest BCUT2D eigenvalue weighted by molar-refractivity contribution is 0.0934. The Bertz CT molecular complexity index is 531. The summed E-state index contributed by atoms with van der Waals surface area (Å²) in [5, 5.41) is 3.66. The maximum Gasteiger partial charge on any atom is 0.271 e. The van der Waals surface area contributed by atoms with Crippen LogP contribution in [0.15, 0.2) is 22.8 Å². The summed E-state index contributed by atoms with van der Waals surface area (Å²) >= 11 is 1.47. The summed E-state index contributed by atoms with van der Waals surface area (Å²) in [7, 11) is 0. The molecular weight excluding hydrogens is 248 g/mol. The second-order valence-electron chi connectivity index (χ2n) is 4.18. The molecule has 0 fully saturated rings. The summed E-state index contributed by atoms with van der Waals surface area (Å²) in [6, 6.07) is 3.81. The minimum absolute atomic E-state index is 0.115. The molecule has 2 heterocycles. The van der Waals surface area contributed by atoms with Gasteiger partial charge in [0.05, 0.1) is 6.26 Å². The number of hydrogen-bond donors (Lipinski definition) is 1. The molecule has 0 aliphatic carbocycles. The topological polar surface area (TPSA) is 55.1 Å². The van der Waals surface area contributed by atoms with Gasteiger partial charge in [-0.05, 0) is 32.4 Å². The van der Waals surface area contributed by atoms with Crippen molar-refractivity contribution in [3.05, 3.63) is 29.0 Å². The van der Waals surface area contributed by atoms with Crippen LogP contribution in [0, 0.1) is 6.92 Å². The van der Waals surface area contributed by atoms with E-state index in [-0.39, 0.29) is 11.9 Å². The van der Waals surface area contributed by atoms with Crippen molar-refractivity contribution in [2.75, 3.05) is 0 Å². The van der Waals surface area contributed by atoms with Gasteiger partial charge >= 0.3 is 0 Å². The summed E-state index contributed by atoms with van der Waals surface area (Å²) in [6.45, 7) is 5.91. The minimum Gasteiger partial charge on any atom is -0.462 e. The van der Waals surface area contributed by atoms with E-state index in [9.17, 15) is 4.79 Å². The van der Waals surface area contributed by atoms with Gasteiger partial charge in [0.15, 0.2) is 10.8 Å². The number of carbonyl (C=O) groups is 1. The number of aromatic nitrogens is 1. The molecule has 0 aliphatic rings. The van der Waals surface area contributed by atoms with Crippen molar-refractivity contribution in [2.45, 2.75) is 33.2 Å². The Morgan fingerprint density at radius 2 is 2.39 bits per heavy atom. The first-order valence-electron chi connectivity index (χ1n) is 5.94. The molecule has 4 nitrogen and oxygen atoms in total. The maximum atomic E-state index is 12.0. The van der Waals surface area contributed by atoms with Gasteiger partial charge in [0.1, 0.15) is 5.69 Å². The van der Waals surface area contributed by atoms with Crippen LogP contribution < -0.4 is 5.32 Å². The molecule has 1 unspecified atom stereocenters. The van der Waals surface area contributed by atoms with Crippen LogP contribution >= 0.6 is 11.3 Å². The predicted octanol–water partition coefficient (Wildman–Crippen LogP) is 3.24. The number of nitrogens with zero attached hydrogens (tertiary/aromatic N) is 1. The zero-order chi connectivity index (χ0) is 13.1. The second kappa shape index (κ2) is 5.35. The Hall–Kier alpha value is -1.62. The molecule has 1 N–H and O–H groups in total. The standard InChI is InChI=1S/C13H16N2O2S/c1-4-8(2)14-12(16)11-9(3)18-13(15-11)10-6-5-7-17-10/h5-8H,4H2,1-3H3,(H,14,16). The van der Waals surface area contributed by atoms with E-state index < -0.39 is 0 Å². The highest BCUT2D eigenvalue weighted by molar-refractivity contribution is 7.15. The Balaban J connectivity index is 2.22. The molecule has 1 atom stereocenters. The van der Waals surface area contributed by atoms with E-state index >= 15 is 0 Å². The highest BCUT2D eigenvalue weighted by Gasteiger charge is 2.18. The number of furan rings is 1. The number of thiazole rings is 1. The van der Waals surface area contributed by atoms with Crippen LogP contribution in [0.4, 0.5) is 0 Å². The first-order chi connectivity index (χ1) is 8.61. The number of aryl methyl sites for hydroxylation is 1. The average molecular weight is 264 g/mol. The monoisotopic (exact) mass is 264 g/mol. The third kappa shape index (κ3) is 2.61. The van der Waals surface area contributed by atoms with Crippen molar-refractivity contribution in [1.29, 1.82) is 0 Å². The lowest BCUT2D eigenvalue weighted by Gasteiger charge is -2.09. The highest BCUT2D eigenvalue weighted by Crippen LogP contribution is 2.27. The van der Waals surface area contributed by atoms with Gasteiger partial charge in [-0.2, -0.15) is 0 Å². The minimum atomic E-state index is -0.115. The molecule has 0 bridgehead atoms. The molecule has 0 saturated heterocycles. The second-order valence-corrected chi connectivity index (χ2v) is 5.39. The molecular formula is C13H16N2O2S. The number of amides is 1. The third-order valence-corrected chi connectivity index (χ3v) is 3.72. The van der Waals surface area contributed by atoms with Crippen LogP contribution in [0.5, 0.6) is 0 Å². The van der Waals surface area contributed by atoms with Gasteiger partial charge < -0.3 is 9.73 Å². The maximum absolute atomic E-state index is 12.0. The smallest absolute Gasteiger partial charge is 0.271 e. The lowest BCUT2D eigenvalue weighted by Crippen LogP contribution is -2.32. The van der Waals surface area contributed by atoms with Crippen molar-refractivity contribution in [3.63, 3.8) is 0 Å². The molecule has 0 saturated carbocycles. The van der Waals surface area contributed by atoms with E-state index in [1.165, 1.54) is 11.3 Å². The van der Waals surface area contributed by atoms with Crippen LogP contribution in [0.25, 0.3) is 10.8 Å². The number of nitrogens with one attached hydrogen (secondary N) is 1. The fourth-order valence-electron chi connectivity index (χ4n) is 1.51. The molecule has 5 heteroatoms. The van der Waals surface area contributed by atoms with Crippen molar-refractivity contribution >= 4 is 17.2 Å². The van der Waals surface area contributed by atoms with Gasteiger partial charge in [-0.3, -0.25) is 4.79 Å². The van der Waals surface area contributed by atoms with E-state index in [0.717, 1.165) is 16.3 Å². The normalized spacial score (nSPS) is 12.4. The van der Waals surface area contributed by atoms with Gasteiger partial charge in [0, 0.05) is 10.9 Å². The quantitative estimate of drug-likeness (QED) is 0.922. The molecule has 2 aromatic rings. The number of hydrogen-bond acceptors (Lipinski definition) is 4. The van der Waals surface area contributed by atoms with Gasteiger partial charge in [0.2, 0.25) is 0 Å². The van der Waals surface area contributed by atoms with E-state index in [2.05, 4.69) is 10.3 Å². The predicted molar refractivity (Wildman–Crippen MR) is 71.8 cm³/mol. The Morgan fingerprint density at radius 1 is 1.61 bits per heavy atom. The summed E-state index contributed by atoms with van der Waals surface area (Å²) in [4.78, 5) is 17.3. The SMILES string of the molecule is CCC(C)NC(=O)c1nc(-c2ccco2)sc1C. The summed E-state index contributed by atoms with van der Waals surface area (Å²) < 4.78 is 5.29. The van der Waals surface area contributed by atoms with Crippen molar-refractivity contribution in [2.24, 2.45) is 0 Å². The van der Waals surface area contributed by atoms with Crippen molar-refractivity contribution in [1.82, 2.24) is 10.3 Å². The molecule has 0 radical (unpaired) electrons. The average Bonchev–Trinajstić information content (AvgIpc) is 2.97. The number of rotatable bonds is 4. The Morgan fingerprint density at radius 3 is 3.00 bits per heavy atom. The molecule has 0 spiro atoms. The van der Waals surface area contributed by atoms with E-state index in [1.807, 2.05) is 32.9 Å². The first kappa shape index (κ1) is 12.8. The molecule has 2 rings (SSSR count). The van der Waals surface area contributed by atoms with Gasteiger partial charge in [-0.25, -0.2) is 4.98 Å². The molecule has 96 valence electrons. The fraction of sp³-hybridized carbons (Fsp3) is 0.385. The summed E-state index contributed by atoms with van der Waals surface area (Å²) in [5.74, 6) is 0.585. The van der Waals surface area contributed by atoms with Crippen molar-refractivity contribution in [3.8, 4) is 10.8 Å². The number of carbonyl (C=O) groups excluding carboxylic acids is 1. The summed E-state index contributed by atoms with van der Waals surface area (Å²) in [5.41, 5.74) is 0.492. The lowest BCUT2D eigenvalue weighted by atomic mass is 10.2. The zero-order valence-corrected chi connectivity index (χ0v) is 11.5. The highest BCUT2D eigenvalue weighted by atomic mass is 32.1. The van der Waals surface area contributed by atoms with Crippen LogP contribution in [0.1, 0.15) is 35.6 Å². The van der Waals surface area contributed by atoms with Crippen LogP contribution in [0.3, 0.4) is 0 Å². The van der Waals surface area contributed by atoms with E-state index in [0.29, 0.717) is 11.5 Å². The molecule has 18 heavy (non-hydrogen) atoms. The third-order valence-electron chi connectivity index (χ3n) is 2.73.